The van der Waals surface area contributed by atoms with Crippen LogP contribution >= 0.6 is 0 Å². The minimum atomic E-state index is -0.295. The molecule has 0 saturated carbocycles. The third-order valence-electron chi connectivity index (χ3n) is 5.29. The lowest BCUT2D eigenvalue weighted by Crippen LogP contribution is -2.22. The molecule has 0 atom stereocenters. The van der Waals surface area contributed by atoms with Gasteiger partial charge in [-0.15, -0.1) is 0 Å². The first kappa shape index (κ1) is 21.8. The summed E-state index contributed by atoms with van der Waals surface area (Å²) in [5.41, 5.74) is 12.2. The Labute approximate surface area is 192 Å². The van der Waals surface area contributed by atoms with Crippen LogP contribution in [0.2, 0.25) is 0 Å². The molecule has 0 aliphatic rings. The Bertz CT molecular complexity index is 1370. The zero-order chi connectivity index (χ0) is 23.2. The summed E-state index contributed by atoms with van der Waals surface area (Å²) in [5, 5.41) is 10.9. The highest BCUT2D eigenvalue weighted by molar-refractivity contribution is 6.06. The fourth-order valence-corrected chi connectivity index (χ4v) is 3.58. The highest BCUT2D eigenvalue weighted by Gasteiger charge is 2.16. The molecule has 0 fully saturated rings. The van der Waals surface area contributed by atoms with Crippen LogP contribution in [0.5, 0.6) is 0 Å². The van der Waals surface area contributed by atoms with Crippen molar-refractivity contribution in [2.24, 2.45) is 0 Å². The molecule has 33 heavy (non-hydrogen) atoms. The molecule has 1 amide bonds. The molecule has 0 bridgehead atoms. The Balaban J connectivity index is 1.58. The molecule has 2 aromatic carbocycles. The first-order valence-corrected chi connectivity index (χ1v) is 10.6. The highest BCUT2D eigenvalue weighted by atomic mass is 16.1. The second-order valence-electron chi connectivity index (χ2n) is 7.62. The molecule has 4 rings (SSSR count). The summed E-state index contributed by atoms with van der Waals surface area (Å²) in [6.07, 6.45) is 9.64. The molecule has 2 aromatic heterocycles. The maximum atomic E-state index is 13.1. The van der Waals surface area contributed by atoms with Crippen molar-refractivity contribution in [3.63, 3.8) is 0 Å². The molecule has 6 nitrogen and oxygen atoms in total. The number of nitrogens with zero attached hydrogens (tertiary/aromatic N) is 2. The summed E-state index contributed by atoms with van der Waals surface area (Å²) in [6.45, 7) is 5.80. The van der Waals surface area contributed by atoms with E-state index in [2.05, 4.69) is 39.2 Å². The Morgan fingerprint density at radius 3 is 2.67 bits per heavy atom. The number of nitrogens with two attached hydrogens (primary N) is 1. The summed E-state index contributed by atoms with van der Waals surface area (Å²) in [7, 11) is 0. The molecule has 0 spiro atoms. The number of fused-ring (bicyclic) bond motifs is 1. The van der Waals surface area contributed by atoms with Gasteiger partial charge in [-0.1, -0.05) is 55.1 Å². The summed E-state index contributed by atoms with van der Waals surface area (Å²) in [5.74, 6) is -0.295. The smallest absolute Gasteiger partial charge is 0.276 e. The number of hydrogen-bond acceptors (Lipinski definition) is 4. The van der Waals surface area contributed by atoms with Crippen molar-refractivity contribution in [3.05, 3.63) is 114 Å². The topological polar surface area (TPSA) is 96.7 Å². The molecule has 4 N–H and O–H groups in total. The monoisotopic (exact) mass is 435 g/mol. The number of benzene rings is 2. The zero-order valence-corrected chi connectivity index (χ0v) is 18.4. The quantitative estimate of drug-likeness (QED) is 0.348. The van der Waals surface area contributed by atoms with E-state index in [1.165, 1.54) is 5.56 Å². The number of allylic oxidation sites excluding steroid dienone is 4. The number of aromatic amines is 1. The van der Waals surface area contributed by atoms with Crippen molar-refractivity contribution < 1.29 is 4.79 Å². The fourth-order valence-electron chi connectivity index (χ4n) is 3.58. The van der Waals surface area contributed by atoms with E-state index in [1.807, 2.05) is 61.5 Å². The van der Waals surface area contributed by atoms with Crippen LogP contribution in [0.3, 0.4) is 0 Å². The van der Waals surface area contributed by atoms with Crippen LogP contribution in [0.25, 0.3) is 22.0 Å². The number of carbonyl (C=O) groups excluding carboxylic acids is 1. The number of pyridine rings is 1. The van der Waals surface area contributed by atoms with E-state index in [9.17, 15) is 4.79 Å². The van der Waals surface area contributed by atoms with Crippen LogP contribution in [0, 0.1) is 0 Å². The van der Waals surface area contributed by atoms with Gasteiger partial charge in [0.05, 0.1) is 11.2 Å². The van der Waals surface area contributed by atoms with E-state index in [4.69, 9.17) is 5.73 Å². The molecule has 6 heteroatoms. The van der Waals surface area contributed by atoms with Gasteiger partial charge in [0, 0.05) is 29.0 Å². The van der Waals surface area contributed by atoms with Gasteiger partial charge in [-0.3, -0.25) is 14.9 Å². The van der Waals surface area contributed by atoms with E-state index >= 15 is 0 Å². The maximum Gasteiger partial charge on any atom is 0.276 e. The predicted molar refractivity (Wildman–Crippen MR) is 133 cm³/mol. The van der Waals surface area contributed by atoms with Gasteiger partial charge in [0.25, 0.3) is 5.91 Å². The lowest BCUT2D eigenvalue weighted by Gasteiger charge is -2.08. The third kappa shape index (κ3) is 5.07. The van der Waals surface area contributed by atoms with Gasteiger partial charge < -0.3 is 11.1 Å². The molecule has 2 heterocycles. The summed E-state index contributed by atoms with van der Waals surface area (Å²) in [6, 6.07) is 17.7. The van der Waals surface area contributed by atoms with Crippen molar-refractivity contribution in [3.8, 4) is 11.1 Å². The molecule has 0 aliphatic carbocycles. The number of amides is 1. The number of anilines is 1. The second-order valence-corrected chi connectivity index (χ2v) is 7.62. The molecular formula is C27H25N5O. The molecule has 164 valence electrons. The van der Waals surface area contributed by atoms with Gasteiger partial charge >= 0.3 is 0 Å². The van der Waals surface area contributed by atoms with Crippen molar-refractivity contribution in [1.29, 1.82) is 0 Å². The Hall–Kier alpha value is -4.45. The number of rotatable bonds is 7. The van der Waals surface area contributed by atoms with E-state index < -0.39 is 0 Å². The molecule has 4 aromatic rings. The Morgan fingerprint density at radius 2 is 1.94 bits per heavy atom. The van der Waals surface area contributed by atoms with Crippen molar-refractivity contribution in [2.75, 3.05) is 5.73 Å². The van der Waals surface area contributed by atoms with Crippen LogP contribution in [-0.4, -0.2) is 21.1 Å². The number of carbonyl (C=O) groups is 1. The van der Waals surface area contributed by atoms with Crippen LogP contribution in [0.1, 0.15) is 23.0 Å². The van der Waals surface area contributed by atoms with Crippen LogP contribution in [0.15, 0.2) is 103 Å². The van der Waals surface area contributed by atoms with Gasteiger partial charge in [-0.05, 0) is 54.3 Å². The minimum Gasteiger partial charge on any atom is -0.397 e. The average molecular weight is 436 g/mol. The number of nitrogens with one attached hydrogen (secondary N) is 2. The SMILES string of the molecule is C=C/C(=C\C(=C/C)NC(=O)c1n[nH]c2ccc(-c3cncc(N)c3)cc12)Cc1ccccc1. The van der Waals surface area contributed by atoms with E-state index in [1.54, 1.807) is 18.5 Å². The third-order valence-corrected chi connectivity index (χ3v) is 5.29. The van der Waals surface area contributed by atoms with Gasteiger partial charge in [0.15, 0.2) is 5.69 Å². The zero-order valence-electron chi connectivity index (χ0n) is 18.4. The van der Waals surface area contributed by atoms with Gasteiger partial charge in [0.2, 0.25) is 0 Å². The van der Waals surface area contributed by atoms with E-state index in [-0.39, 0.29) is 5.91 Å². The van der Waals surface area contributed by atoms with Crippen molar-refractivity contribution in [1.82, 2.24) is 20.5 Å². The normalized spacial score (nSPS) is 12.0. The van der Waals surface area contributed by atoms with Gasteiger partial charge in [-0.2, -0.15) is 5.10 Å². The van der Waals surface area contributed by atoms with Crippen LogP contribution < -0.4 is 11.1 Å². The predicted octanol–water partition coefficient (Wildman–Crippen LogP) is 5.20. The summed E-state index contributed by atoms with van der Waals surface area (Å²) >= 11 is 0. The Morgan fingerprint density at radius 1 is 1.12 bits per heavy atom. The lowest BCUT2D eigenvalue weighted by atomic mass is 10.0. The number of hydrogen-bond donors (Lipinski definition) is 3. The van der Waals surface area contributed by atoms with Crippen molar-refractivity contribution >= 4 is 22.5 Å². The largest absolute Gasteiger partial charge is 0.397 e. The number of aromatic nitrogens is 3. The number of nitrogen functional groups attached to an aromatic ring is 1. The first-order chi connectivity index (χ1) is 16.1. The average Bonchev–Trinajstić information content (AvgIpc) is 3.27. The fraction of sp³-hybridized carbons (Fsp3) is 0.0741. The molecule has 0 unspecified atom stereocenters. The van der Waals surface area contributed by atoms with Gasteiger partial charge in [0.1, 0.15) is 0 Å². The van der Waals surface area contributed by atoms with Crippen LogP contribution in [-0.2, 0) is 6.42 Å². The van der Waals surface area contributed by atoms with Crippen LogP contribution in [0.4, 0.5) is 5.69 Å². The van der Waals surface area contributed by atoms with E-state index in [0.717, 1.165) is 34.0 Å². The minimum absolute atomic E-state index is 0.295. The second kappa shape index (κ2) is 9.78. The molecule has 0 saturated heterocycles. The standard InChI is InChI=1S/C27H25N5O/c1-3-18(12-19-8-6-5-7-9-19)13-23(4-2)30-27(33)26-24-15-20(10-11-25(24)31-32-26)21-14-22(28)17-29-16-21/h3-11,13-17H,1,12,28H2,2H3,(H,30,33)(H,31,32)/b18-13+,23-4+. The van der Waals surface area contributed by atoms with Gasteiger partial charge in [-0.25, -0.2) is 0 Å². The Kier molecular flexibility index (Phi) is 6.45. The molecule has 0 aliphatic heterocycles. The molecule has 0 radical (unpaired) electrons. The summed E-state index contributed by atoms with van der Waals surface area (Å²) < 4.78 is 0. The lowest BCUT2D eigenvalue weighted by molar-refractivity contribution is 0.0963. The van der Waals surface area contributed by atoms with E-state index in [0.29, 0.717) is 17.1 Å². The van der Waals surface area contributed by atoms with Crippen molar-refractivity contribution in [2.45, 2.75) is 13.3 Å². The highest BCUT2D eigenvalue weighted by Crippen LogP contribution is 2.26. The molecular weight excluding hydrogens is 410 g/mol. The summed E-state index contributed by atoms with van der Waals surface area (Å²) in [4.78, 5) is 17.2. The number of H-pyrrole nitrogens is 1. The first-order valence-electron chi connectivity index (χ1n) is 10.6. The maximum absolute atomic E-state index is 13.1.